The number of benzene rings is 1. The number of para-hydroxylation sites is 1. The minimum Gasteiger partial charge on any atom is -0.312 e. The quantitative estimate of drug-likeness (QED) is 0.849. The van der Waals surface area contributed by atoms with Crippen LogP contribution in [0.15, 0.2) is 48.7 Å². The molecular weight excluding hydrogens is 210 g/mol. The Hall–Kier alpha value is -1.87. The average Bonchev–Trinajstić information content (AvgIpc) is 2.90. The van der Waals surface area contributed by atoms with E-state index in [0.29, 0.717) is 0 Å². The van der Waals surface area contributed by atoms with Crippen molar-refractivity contribution in [2.75, 3.05) is 13.1 Å². The summed E-state index contributed by atoms with van der Waals surface area (Å²) >= 11 is 0. The van der Waals surface area contributed by atoms with Crippen molar-refractivity contribution < 1.29 is 0 Å². The topological polar surface area (TPSA) is 29.9 Å². The standard InChI is InChI=1S/C14H15N3/c1-2-6-13(7-3-1)17-14(8-10-16-17)12-5-4-9-15-11-12/h1-3,5-8,10,15H,4,9,11H2. The van der Waals surface area contributed by atoms with Crippen LogP contribution in [0.25, 0.3) is 11.3 Å². The van der Waals surface area contributed by atoms with Gasteiger partial charge in [-0.15, -0.1) is 0 Å². The van der Waals surface area contributed by atoms with Gasteiger partial charge in [0, 0.05) is 6.54 Å². The maximum Gasteiger partial charge on any atom is 0.0710 e. The van der Waals surface area contributed by atoms with Gasteiger partial charge in [-0.25, -0.2) is 4.68 Å². The average molecular weight is 225 g/mol. The van der Waals surface area contributed by atoms with Crippen LogP contribution in [0.3, 0.4) is 0 Å². The summed E-state index contributed by atoms with van der Waals surface area (Å²) < 4.78 is 2.00. The van der Waals surface area contributed by atoms with E-state index >= 15 is 0 Å². The maximum atomic E-state index is 4.41. The fraction of sp³-hybridized carbons (Fsp3) is 0.214. The first-order valence-electron chi connectivity index (χ1n) is 5.95. The summed E-state index contributed by atoms with van der Waals surface area (Å²) in [5.41, 5.74) is 3.62. The van der Waals surface area contributed by atoms with Gasteiger partial charge in [-0.1, -0.05) is 24.3 Å². The van der Waals surface area contributed by atoms with Gasteiger partial charge in [0.05, 0.1) is 17.6 Å². The van der Waals surface area contributed by atoms with E-state index in [-0.39, 0.29) is 0 Å². The molecule has 17 heavy (non-hydrogen) atoms. The molecule has 0 saturated carbocycles. The van der Waals surface area contributed by atoms with Gasteiger partial charge in [0.1, 0.15) is 0 Å². The largest absolute Gasteiger partial charge is 0.312 e. The number of hydrogen-bond donors (Lipinski definition) is 1. The molecule has 0 atom stereocenters. The van der Waals surface area contributed by atoms with Crippen molar-refractivity contribution in [3.8, 4) is 5.69 Å². The Bertz CT molecular complexity index is 525. The van der Waals surface area contributed by atoms with Crippen molar-refractivity contribution in [1.29, 1.82) is 0 Å². The highest BCUT2D eigenvalue weighted by Crippen LogP contribution is 2.19. The molecule has 0 bridgehead atoms. The number of aromatic nitrogens is 2. The lowest BCUT2D eigenvalue weighted by Crippen LogP contribution is -2.22. The zero-order valence-electron chi connectivity index (χ0n) is 9.63. The smallest absolute Gasteiger partial charge is 0.0710 e. The minimum atomic E-state index is 0.929. The summed E-state index contributed by atoms with van der Waals surface area (Å²) in [6, 6.07) is 12.3. The normalized spacial score (nSPS) is 15.6. The van der Waals surface area contributed by atoms with E-state index in [1.807, 2.05) is 29.1 Å². The molecule has 0 fully saturated rings. The highest BCUT2D eigenvalue weighted by Gasteiger charge is 2.11. The molecule has 1 N–H and O–H groups in total. The van der Waals surface area contributed by atoms with Crippen LogP contribution in [-0.2, 0) is 0 Å². The molecular formula is C14H15N3. The summed E-state index contributed by atoms with van der Waals surface area (Å²) in [5, 5.41) is 7.80. The Morgan fingerprint density at radius 1 is 1.12 bits per heavy atom. The molecule has 1 aromatic heterocycles. The second-order valence-electron chi connectivity index (χ2n) is 4.16. The Morgan fingerprint density at radius 3 is 2.76 bits per heavy atom. The first-order chi connectivity index (χ1) is 8.45. The van der Waals surface area contributed by atoms with Crippen LogP contribution in [0.4, 0.5) is 0 Å². The Labute approximate surface area is 101 Å². The van der Waals surface area contributed by atoms with Gasteiger partial charge in [-0.2, -0.15) is 5.10 Å². The van der Waals surface area contributed by atoms with Crippen LogP contribution in [0, 0.1) is 0 Å². The second-order valence-corrected chi connectivity index (χ2v) is 4.16. The van der Waals surface area contributed by atoms with Gasteiger partial charge in [-0.3, -0.25) is 0 Å². The summed E-state index contributed by atoms with van der Waals surface area (Å²) in [6.07, 6.45) is 5.25. The van der Waals surface area contributed by atoms with Crippen LogP contribution in [0.1, 0.15) is 12.1 Å². The van der Waals surface area contributed by atoms with E-state index in [1.165, 1.54) is 11.3 Å². The third-order valence-electron chi connectivity index (χ3n) is 3.00. The van der Waals surface area contributed by atoms with E-state index < -0.39 is 0 Å². The van der Waals surface area contributed by atoms with Crippen LogP contribution >= 0.6 is 0 Å². The van der Waals surface area contributed by atoms with Gasteiger partial charge in [0.15, 0.2) is 0 Å². The van der Waals surface area contributed by atoms with Crippen LogP contribution in [0.2, 0.25) is 0 Å². The second kappa shape index (κ2) is 4.55. The van der Waals surface area contributed by atoms with E-state index in [4.69, 9.17) is 0 Å². The molecule has 0 unspecified atom stereocenters. The van der Waals surface area contributed by atoms with Gasteiger partial charge < -0.3 is 5.32 Å². The number of hydrogen-bond acceptors (Lipinski definition) is 2. The molecule has 1 aliphatic rings. The summed E-state index contributed by atoms with van der Waals surface area (Å²) in [7, 11) is 0. The molecule has 2 aromatic rings. The van der Waals surface area contributed by atoms with Gasteiger partial charge in [0.2, 0.25) is 0 Å². The third-order valence-corrected chi connectivity index (χ3v) is 3.00. The predicted molar refractivity (Wildman–Crippen MR) is 69.0 cm³/mol. The molecule has 86 valence electrons. The molecule has 0 saturated heterocycles. The number of rotatable bonds is 2. The van der Waals surface area contributed by atoms with E-state index in [0.717, 1.165) is 25.2 Å². The molecule has 0 spiro atoms. The summed E-state index contributed by atoms with van der Waals surface area (Å²) in [4.78, 5) is 0. The Morgan fingerprint density at radius 2 is 2.00 bits per heavy atom. The minimum absolute atomic E-state index is 0.929. The van der Waals surface area contributed by atoms with E-state index in [1.54, 1.807) is 0 Å². The van der Waals surface area contributed by atoms with Crippen molar-refractivity contribution in [3.05, 3.63) is 54.4 Å². The van der Waals surface area contributed by atoms with Gasteiger partial charge in [0.25, 0.3) is 0 Å². The number of nitrogens with one attached hydrogen (secondary N) is 1. The highest BCUT2D eigenvalue weighted by atomic mass is 15.3. The molecule has 1 aromatic carbocycles. The Kier molecular flexibility index (Phi) is 2.76. The van der Waals surface area contributed by atoms with Crippen molar-refractivity contribution in [1.82, 2.24) is 15.1 Å². The van der Waals surface area contributed by atoms with E-state index in [9.17, 15) is 0 Å². The van der Waals surface area contributed by atoms with E-state index in [2.05, 4.69) is 34.7 Å². The molecule has 3 heteroatoms. The first kappa shape index (κ1) is 10.3. The zero-order valence-corrected chi connectivity index (χ0v) is 9.63. The molecule has 0 aliphatic carbocycles. The molecule has 0 radical (unpaired) electrons. The van der Waals surface area contributed by atoms with Gasteiger partial charge >= 0.3 is 0 Å². The lowest BCUT2D eigenvalue weighted by atomic mass is 10.1. The van der Waals surface area contributed by atoms with Crippen molar-refractivity contribution in [3.63, 3.8) is 0 Å². The molecule has 2 heterocycles. The fourth-order valence-electron chi connectivity index (χ4n) is 2.16. The highest BCUT2D eigenvalue weighted by molar-refractivity contribution is 5.66. The third kappa shape index (κ3) is 2.01. The van der Waals surface area contributed by atoms with Crippen molar-refractivity contribution >= 4 is 5.57 Å². The SMILES string of the molecule is C1=C(c2ccnn2-c2ccccc2)CNCC1. The molecule has 0 amide bonds. The monoisotopic (exact) mass is 225 g/mol. The predicted octanol–water partition coefficient (Wildman–Crippen LogP) is 2.25. The lowest BCUT2D eigenvalue weighted by molar-refractivity contribution is 0.731. The van der Waals surface area contributed by atoms with Crippen molar-refractivity contribution in [2.45, 2.75) is 6.42 Å². The first-order valence-corrected chi connectivity index (χ1v) is 5.95. The zero-order chi connectivity index (χ0) is 11.5. The van der Waals surface area contributed by atoms with Crippen molar-refractivity contribution in [2.24, 2.45) is 0 Å². The molecule has 3 nitrogen and oxygen atoms in total. The molecule has 3 rings (SSSR count). The van der Waals surface area contributed by atoms with Crippen LogP contribution in [-0.4, -0.2) is 22.9 Å². The number of nitrogens with zero attached hydrogens (tertiary/aromatic N) is 2. The maximum absolute atomic E-state index is 4.41. The van der Waals surface area contributed by atoms with Gasteiger partial charge in [-0.05, 0) is 36.7 Å². The molecule has 1 aliphatic heterocycles. The van der Waals surface area contributed by atoms with Crippen LogP contribution < -0.4 is 5.32 Å². The fourth-order valence-corrected chi connectivity index (χ4v) is 2.16. The Balaban J connectivity index is 2.02. The lowest BCUT2D eigenvalue weighted by Gasteiger charge is -2.15. The van der Waals surface area contributed by atoms with Crippen LogP contribution in [0.5, 0.6) is 0 Å². The summed E-state index contributed by atoms with van der Waals surface area (Å²) in [6.45, 7) is 2.00. The summed E-state index contributed by atoms with van der Waals surface area (Å²) in [5.74, 6) is 0.